The maximum absolute atomic E-state index is 11.7. The van der Waals surface area contributed by atoms with Gasteiger partial charge < -0.3 is 4.74 Å². The van der Waals surface area contributed by atoms with Crippen LogP contribution in [0.2, 0.25) is 0 Å². The maximum Gasteiger partial charge on any atom is 0.314 e. The van der Waals surface area contributed by atoms with Crippen molar-refractivity contribution in [1.29, 1.82) is 0 Å². The molecule has 1 heterocycles. The molecule has 2 nitrogen and oxygen atoms in total. The van der Waals surface area contributed by atoms with Gasteiger partial charge in [0, 0.05) is 0 Å². The minimum atomic E-state index is -0.211. The summed E-state index contributed by atoms with van der Waals surface area (Å²) in [6.07, 6.45) is 5.49. The largest absolute Gasteiger partial charge is 0.457 e. The van der Waals surface area contributed by atoms with E-state index < -0.39 is 0 Å². The molecule has 3 aliphatic rings. The number of ether oxygens (including phenoxy) is 1. The van der Waals surface area contributed by atoms with E-state index >= 15 is 0 Å². The summed E-state index contributed by atoms with van der Waals surface area (Å²) in [5.41, 5.74) is -0.351. The first-order valence-corrected chi connectivity index (χ1v) is 5.76. The number of esters is 1. The molecule has 2 saturated carbocycles. The highest BCUT2D eigenvalue weighted by Crippen LogP contribution is 2.75. The van der Waals surface area contributed by atoms with Gasteiger partial charge in [-0.2, -0.15) is 0 Å². The zero-order valence-electron chi connectivity index (χ0n) is 7.73. The lowest BCUT2D eigenvalue weighted by Gasteiger charge is -2.29. The molecule has 0 aromatic rings. The molecule has 1 spiro atoms. The summed E-state index contributed by atoms with van der Waals surface area (Å²) in [7, 11) is 0. The summed E-state index contributed by atoms with van der Waals surface area (Å²) in [6.45, 7) is 2.02. The van der Waals surface area contributed by atoms with Gasteiger partial charge in [0.25, 0.3) is 0 Å². The third kappa shape index (κ3) is 0.672. The summed E-state index contributed by atoms with van der Waals surface area (Å²) in [6, 6.07) is 0. The molecular weight excluding hydrogens is 232 g/mol. The second-order valence-electron chi connectivity index (χ2n) is 4.90. The van der Waals surface area contributed by atoms with E-state index in [1.165, 1.54) is 12.8 Å². The third-order valence-electron chi connectivity index (χ3n) is 4.22. The highest BCUT2D eigenvalue weighted by atomic mass is 79.9. The van der Waals surface area contributed by atoms with E-state index in [0.29, 0.717) is 0 Å². The first-order valence-electron chi connectivity index (χ1n) is 4.97. The van der Waals surface area contributed by atoms with Crippen LogP contribution in [0.5, 0.6) is 0 Å². The maximum atomic E-state index is 11.7. The van der Waals surface area contributed by atoms with Gasteiger partial charge in [0.2, 0.25) is 0 Å². The number of carbonyl (C=O) groups is 1. The molecular formula is C10H13BrO2. The standard InChI is InChI=1S/C10H13BrO2/c1-8-6-10(8,11)9(13-7(8)12)4-2-3-5-9/h2-6H2,1H3/t8-,10+/m1/s1. The molecule has 0 aromatic carbocycles. The van der Waals surface area contributed by atoms with Gasteiger partial charge in [-0.05, 0) is 39.0 Å². The Morgan fingerprint density at radius 2 is 2.00 bits per heavy atom. The number of hydrogen-bond donors (Lipinski definition) is 0. The van der Waals surface area contributed by atoms with Crippen molar-refractivity contribution in [2.24, 2.45) is 5.41 Å². The van der Waals surface area contributed by atoms with Gasteiger partial charge in [0.15, 0.2) is 0 Å². The van der Waals surface area contributed by atoms with Gasteiger partial charge in [0.1, 0.15) is 5.60 Å². The number of fused-ring (bicyclic) bond motifs is 2. The number of carbonyl (C=O) groups excluding carboxylic acids is 1. The van der Waals surface area contributed by atoms with Crippen molar-refractivity contribution in [3.63, 3.8) is 0 Å². The fourth-order valence-electron chi connectivity index (χ4n) is 3.16. The second-order valence-corrected chi connectivity index (χ2v) is 6.25. The highest BCUT2D eigenvalue weighted by Gasteiger charge is 2.83. The Bertz CT molecular complexity index is 295. The minimum Gasteiger partial charge on any atom is -0.457 e. The molecule has 1 saturated heterocycles. The van der Waals surface area contributed by atoms with Gasteiger partial charge in [-0.3, -0.25) is 4.79 Å². The Kier molecular flexibility index (Phi) is 1.26. The molecule has 0 unspecified atom stereocenters. The van der Waals surface area contributed by atoms with Gasteiger partial charge in [-0.25, -0.2) is 0 Å². The average Bonchev–Trinajstić information content (AvgIpc) is 2.46. The van der Waals surface area contributed by atoms with Crippen LogP contribution in [-0.2, 0) is 9.53 Å². The number of halogens is 1. The van der Waals surface area contributed by atoms with Crippen LogP contribution in [0.25, 0.3) is 0 Å². The first kappa shape index (κ1) is 8.27. The molecule has 2 aliphatic carbocycles. The van der Waals surface area contributed by atoms with E-state index in [0.717, 1.165) is 19.3 Å². The number of hydrogen-bond acceptors (Lipinski definition) is 2. The molecule has 3 fully saturated rings. The van der Waals surface area contributed by atoms with Gasteiger partial charge in [-0.15, -0.1) is 0 Å². The quantitative estimate of drug-likeness (QED) is 0.484. The van der Waals surface area contributed by atoms with Crippen LogP contribution in [-0.4, -0.2) is 15.9 Å². The summed E-state index contributed by atoms with van der Waals surface area (Å²) in [4.78, 5) is 11.7. The minimum absolute atomic E-state index is 0.0133. The Hall–Kier alpha value is -0.0500. The zero-order chi connectivity index (χ0) is 9.32. The van der Waals surface area contributed by atoms with Gasteiger partial charge >= 0.3 is 5.97 Å². The van der Waals surface area contributed by atoms with Crippen LogP contribution in [0.1, 0.15) is 39.0 Å². The van der Waals surface area contributed by atoms with Gasteiger partial charge in [0.05, 0.1) is 9.74 Å². The van der Waals surface area contributed by atoms with Crippen LogP contribution in [0.3, 0.4) is 0 Å². The molecule has 0 radical (unpaired) electrons. The predicted molar refractivity (Wildman–Crippen MR) is 51.7 cm³/mol. The Morgan fingerprint density at radius 3 is 2.38 bits per heavy atom. The van der Waals surface area contributed by atoms with Gasteiger partial charge in [-0.1, -0.05) is 15.9 Å². The van der Waals surface area contributed by atoms with Crippen molar-refractivity contribution < 1.29 is 9.53 Å². The number of rotatable bonds is 0. The molecule has 0 aromatic heterocycles. The van der Waals surface area contributed by atoms with E-state index in [2.05, 4.69) is 15.9 Å². The molecule has 0 amide bonds. The fraction of sp³-hybridized carbons (Fsp3) is 0.900. The predicted octanol–water partition coefficient (Wildman–Crippen LogP) is 2.40. The van der Waals surface area contributed by atoms with E-state index in [-0.39, 0.29) is 21.3 Å². The molecule has 1 aliphatic heterocycles. The van der Waals surface area contributed by atoms with Crippen molar-refractivity contribution in [2.45, 2.75) is 49.0 Å². The van der Waals surface area contributed by atoms with Crippen molar-refractivity contribution >= 4 is 21.9 Å². The van der Waals surface area contributed by atoms with E-state index in [4.69, 9.17) is 4.74 Å². The Labute approximate surface area is 86.1 Å². The van der Waals surface area contributed by atoms with Crippen molar-refractivity contribution in [3.8, 4) is 0 Å². The smallest absolute Gasteiger partial charge is 0.314 e. The molecule has 3 rings (SSSR count). The van der Waals surface area contributed by atoms with E-state index in [1.807, 2.05) is 6.92 Å². The van der Waals surface area contributed by atoms with Crippen LogP contribution < -0.4 is 0 Å². The van der Waals surface area contributed by atoms with Crippen LogP contribution >= 0.6 is 15.9 Å². The van der Waals surface area contributed by atoms with Crippen LogP contribution in [0, 0.1) is 5.41 Å². The highest BCUT2D eigenvalue weighted by molar-refractivity contribution is 9.10. The molecule has 0 bridgehead atoms. The average molecular weight is 245 g/mol. The summed E-state index contributed by atoms with van der Waals surface area (Å²) < 4.78 is 5.58. The summed E-state index contributed by atoms with van der Waals surface area (Å²) in [5, 5.41) is 0. The lowest BCUT2D eigenvalue weighted by Crippen LogP contribution is -2.37. The lowest BCUT2D eigenvalue weighted by atomic mass is 9.93. The molecule has 3 heteroatoms. The van der Waals surface area contributed by atoms with Crippen LogP contribution in [0.4, 0.5) is 0 Å². The monoisotopic (exact) mass is 244 g/mol. The summed E-state index contributed by atoms with van der Waals surface area (Å²) in [5.74, 6) is 0.0197. The topological polar surface area (TPSA) is 26.3 Å². The fourth-order valence-corrected chi connectivity index (χ4v) is 4.36. The lowest BCUT2D eigenvalue weighted by molar-refractivity contribution is -0.155. The Morgan fingerprint density at radius 1 is 1.38 bits per heavy atom. The van der Waals surface area contributed by atoms with Crippen LogP contribution in [0.15, 0.2) is 0 Å². The first-order chi connectivity index (χ1) is 6.04. The second kappa shape index (κ2) is 1.97. The molecule has 13 heavy (non-hydrogen) atoms. The SMILES string of the molecule is C[C@]12C[C@@]1(Br)C1(CCCC1)OC2=O. The molecule has 72 valence electrons. The molecule has 0 N–H and O–H groups in total. The number of alkyl halides is 1. The Balaban J connectivity index is 2.05. The molecule has 2 atom stereocenters. The van der Waals surface area contributed by atoms with E-state index in [9.17, 15) is 4.79 Å². The third-order valence-corrected chi connectivity index (χ3v) is 6.10. The summed E-state index contributed by atoms with van der Waals surface area (Å²) >= 11 is 3.75. The van der Waals surface area contributed by atoms with Crippen molar-refractivity contribution in [2.75, 3.05) is 0 Å². The van der Waals surface area contributed by atoms with E-state index in [1.54, 1.807) is 0 Å². The zero-order valence-corrected chi connectivity index (χ0v) is 9.32. The normalized spacial score (nSPS) is 50.8. The van der Waals surface area contributed by atoms with Crippen molar-refractivity contribution in [3.05, 3.63) is 0 Å². The van der Waals surface area contributed by atoms with Crippen molar-refractivity contribution in [1.82, 2.24) is 0 Å².